The molecule has 0 aliphatic carbocycles. The molecule has 1 amide bonds. The molecule has 2 aliphatic rings. The molecule has 0 saturated carbocycles. The fourth-order valence-corrected chi connectivity index (χ4v) is 4.02. The van der Waals surface area contributed by atoms with E-state index in [4.69, 9.17) is 9.47 Å². The van der Waals surface area contributed by atoms with Crippen molar-refractivity contribution in [1.82, 2.24) is 20.1 Å². The number of nitrogens with zero attached hydrogens (tertiary/aromatic N) is 3. The number of hydrogen-bond acceptors (Lipinski definition) is 5. The minimum absolute atomic E-state index is 0.0214. The van der Waals surface area contributed by atoms with E-state index in [-0.39, 0.29) is 18.6 Å². The number of amides is 1. The van der Waals surface area contributed by atoms with Gasteiger partial charge in [-0.1, -0.05) is 36.4 Å². The first kappa shape index (κ1) is 17.7. The van der Waals surface area contributed by atoms with E-state index < -0.39 is 0 Å². The lowest BCUT2D eigenvalue weighted by Crippen LogP contribution is -2.26. The Balaban J connectivity index is 1.33. The molecule has 0 radical (unpaired) electrons. The van der Waals surface area contributed by atoms with Gasteiger partial charge < -0.3 is 19.4 Å². The Bertz CT molecular complexity index is 1030. The molecule has 0 fully saturated rings. The van der Waals surface area contributed by atoms with Crippen molar-refractivity contribution in [2.75, 3.05) is 6.79 Å². The maximum atomic E-state index is 12.8. The van der Waals surface area contributed by atoms with Gasteiger partial charge in [0, 0.05) is 25.3 Å². The van der Waals surface area contributed by atoms with E-state index in [1.54, 1.807) is 0 Å². The standard InChI is InChI=1S/C22H22N4O3/c27-22(23-13-21-25-24-20-7-4-10-26(20)21)12-17(15-5-2-1-3-6-15)16-8-9-18-19(11-16)29-14-28-18/h1-3,5-6,8-9,11,17H,4,7,10,12-14H2,(H,23,27). The predicted octanol–water partition coefficient (Wildman–Crippen LogP) is 2.79. The average molecular weight is 390 g/mol. The molecular formula is C22H22N4O3. The summed E-state index contributed by atoms with van der Waals surface area (Å²) in [5.41, 5.74) is 2.11. The van der Waals surface area contributed by atoms with Crippen molar-refractivity contribution in [1.29, 1.82) is 0 Å². The van der Waals surface area contributed by atoms with Gasteiger partial charge in [-0.3, -0.25) is 4.79 Å². The number of benzene rings is 2. The molecule has 148 valence electrons. The van der Waals surface area contributed by atoms with Gasteiger partial charge in [0.05, 0.1) is 6.54 Å². The molecule has 0 saturated heterocycles. The smallest absolute Gasteiger partial charge is 0.231 e. The van der Waals surface area contributed by atoms with E-state index in [2.05, 4.69) is 20.1 Å². The summed E-state index contributed by atoms with van der Waals surface area (Å²) in [4.78, 5) is 12.8. The Labute approximate surface area is 168 Å². The summed E-state index contributed by atoms with van der Waals surface area (Å²) >= 11 is 0. The second-order valence-corrected chi connectivity index (χ2v) is 7.34. The van der Waals surface area contributed by atoms with E-state index in [0.717, 1.165) is 53.7 Å². The third-order valence-electron chi connectivity index (χ3n) is 5.52. The van der Waals surface area contributed by atoms with Crippen LogP contribution in [0.3, 0.4) is 0 Å². The van der Waals surface area contributed by atoms with Gasteiger partial charge in [-0.05, 0) is 29.7 Å². The fraction of sp³-hybridized carbons (Fsp3) is 0.318. The highest BCUT2D eigenvalue weighted by molar-refractivity contribution is 5.77. The molecule has 0 bridgehead atoms. The Morgan fingerprint density at radius 1 is 1.07 bits per heavy atom. The quantitative estimate of drug-likeness (QED) is 0.700. The average Bonchev–Trinajstić information content (AvgIpc) is 3.48. The summed E-state index contributed by atoms with van der Waals surface area (Å²) < 4.78 is 13.1. The van der Waals surface area contributed by atoms with Gasteiger partial charge in [-0.15, -0.1) is 10.2 Å². The second-order valence-electron chi connectivity index (χ2n) is 7.34. The van der Waals surface area contributed by atoms with Crippen LogP contribution < -0.4 is 14.8 Å². The molecule has 29 heavy (non-hydrogen) atoms. The SMILES string of the molecule is O=C(CC(c1ccccc1)c1ccc2c(c1)OCO2)NCc1nnc2n1CCC2. The molecule has 1 unspecified atom stereocenters. The van der Waals surface area contributed by atoms with E-state index in [1.807, 2.05) is 48.5 Å². The summed E-state index contributed by atoms with van der Waals surface area (Å²) in [7, 11) is 0. The first-order valence-electron chi connectivity index (χ1n) is 9.90. The zero-order valence-corrected chi connectivity index (χ0v) is 16.0. The number of rotatable bonds is 6. The van der Waals surface area contributed by atoms with Crippen molar-refractivity contribution in [2.45, 2.75) is 38.3 Å². The highest BCUT2D eigenvalue weighted by Gasteiger charge is 2.23. The van der Waals surface area contributed by atoms with Crippen LogP contribution in [0, 0.1) is 0 Å². The maximum Gasteiger partial charge on any atom is 0.231 e. The van der Waals surface area contributed by atoms with Crippen LogP contribution in [0.2, 0.25) is 0 Å². The number of aromatic nitrogens is 3. The van der Waals surface area contributed by atoms with Gasteiger partial charge in [0.1, 0.15) is 5.82 Å². The van der Waals surface area contributed by atoms with E-state index in [9.17, 15) is 4.79 Å². The predicted molar refractivity (Wildman–Crippen MR) is 106 cm³/mol. The van der Waals surface area contributed by atoms with E-state index >= 15 is 0 Å². The van der Waals surface area contributed by atoms with Crippen LogP contribution in [0.4, 0.5) is 0 Å². The molecule has 2 aromatic carbocycles. The molecule has 7 nitrogen and oxygen atoms in total. The van der Waals surface area contributed by atoms with Crippen molar-refractivity contribution < 1.29 is 14.3 Å². The summed E-state index contributed by atoms with van der Waals surface area (Å²) in [5.74, 6) is 3.21. The van der Waals surface area contributed by atoms with Crippen LogP contribution in [-0.4, -0.2) is 27.5 Å². The number of carbonyl (C=O) groups excluding carboxylic acids is 1. The maximum absolute atomic E-state index is 12.8. The minimum atomic E-state index is -0.0742. The van der Waals surface area contributed by atoms with Crippen molar-refractivity contribution >= 4 is 5.91 Å². The lowest BCUT2D eigenvalue weighted by atomic mass is 9.88. The molecule has 3 aromatic rings. The van der Waals surface area contributed by atoms with Crippen LogP contribution in [0.1, 0.15) is 41.5 Å². The summed E-state index contributed by atoms with van der Waals surface area (Å²) in [6.07, 6.45) is 2.39. The monoisotopic (exact) mass is 390 g/mol. The molecule has 7 heteroatoms. The molecule has 1 N–H and O–H groups in total. The first-order valence-corrected chi connectivity index (χ1v) is 9.90. The Morgan fingerprint density at radius 2 is 1.93 bits per heavy atom. The van der Waals surface area contributed by atoms with Crippen molar-refractivity contribution in [3.05, 3.63) is 71.3 Å². The summed E-state index contributed by atoms with van der Waals surface area (Å²) in [6.45, 7) is 1.56. The summed E-state index contributed by atoms with van der Waals surface area (Å²) in [6, 6.07) is 15.9. The van der Waals surface area contributed by atoms with Crippen LogP contribution in [0.15, 0.2) is 48.5 Å². The second kappa shape index (κ2) is 7.58. The molecular weight excluding hydrogens is 368 g/mol. The fourth-order valence-electron chi connectivity index (χ4n) is 4.02. The van der Waals surface area contributed by atoms with Crippen molar-refractivity contribution in [3.63, 3.8) is 0 Å². The molecule has 3 heterocycles. The molecule has 5 rings (SSSR count). The topological polar surface area (TPSA) is 78.3 Å². The van der Waals surface area contributed by atoms with E-state index in [1.165, 1.54) is 0 Å². The normalized spacial score (nSPS) is 15.2. The van der Waals surface area contributed by atoms with E-state index in [0.29, 0.717) is 13.0 Å². The summed E-state index contributed by atoms with van der Waals surface area (Å²) in [5, 5.41) is 11.4. The van der Waals surface area contributed by atoms with Crippen LogP contribution in [-0.2, 0) is 24.3 Å². The van der Waals surface area contributed by atoms with Gasteiger partial charge >= 0.3 is 0 Å². The molecule has 0 spiro atoms. The Morgan fingerprint density at radius 3 is 2.83 bits per heavy atom. The van der Waals surface area contributed by atoms with Crippen LogP contribution in [0.25, 0.3) is 0 Å². The minimum Gasteiger partial charge on any atom is -0.454 e. The zero-order chi connectivity index (χ0) is 19.6. The van der Waals surface area contributed by atoms with Gasteiger partial charge in [0.15, 0.2) is 17.3 Å². The largest absolute Gasteiger partial charge is 0.454 e. The number of hydrogen-bond donors (Lipinski definition) is 1. The Hall–Kier alpha value is -3.35. The lowest BCUT2D eigenvalue weighted by Gasteiger charge is -2.18. The van der Waals surface area contributed by atoms with Crippen LogP contribution >= 0.6 is 0 Å². The van der Waals surface area contributed by atoms with Crippen LogP contribution in [0.5, 0.6) is 11.5 Å². The number of ether oxygens (including phenoxy) is 2. The third-order valence-corrected chi connectivity index (χ3v) is 5.52. The Kier molecular flexibility index (Phi) is 4.63. The van der Waals surface area contributed by atoms with Crippen molar-refractivity contribution in [3.8, 4) is 11.5 Å². The van der Waals surface area contributed by atoms with Gasteiger partial charge in [0.2, 0.25) is 12.7 Å². The molecule has 1 aromatic heterocycles. The molecule has 2 aliphatic heterocycles. The highest BCUT2D eigenvalue weighted by atomic mass is 16.7. The van der Waals surface area contributed by atoms with Gasteiger partial charge in [0.25, 0.3) is 0 Å². The number of nitrogens with one attached hydrogen (secondary N) is 1. The molecule has 1 atom stereocenters. The third kappa shape index (κ3) is 3.55. The number of fused-ring (bicyclic) bond motifs is 2. The van der Waals surface area contributed by atoms with Crippen molar-refractivity contribution in [2.24, 2.45) is 0 Å². The number of carbonyl (C=O) groups is 1. The van der Waals surface area contributed by atoms with Gasteiger partial charge in [-0.2, -0.15) is 0 Å². The number of aryl methyl sites for hydroxylation is 1. The first-order chi connectivity index (χ1) is 14.3. The zero-order valence-electron chi connectivity index (χ0n) is 16.0. The van der Waals surface area contributed by atoms with Gasteiger partial charge in [-0.25, -0.2) is 0 Å². The highest BCUT2D eigenvalue weighted by Crippen LogP contribution is 2.37. The lowest BCUT2D eigenvalue weighted by molar-refractivity contribution is -0.121.